The zero-order chi connectivity index (χ0) is 14.3. The molecule has 0 fully saturated rings. The maximum Gasteiger partial charge on any atom is 0.323 e. The minimum Gasteiger partial charge on any atom is -0.480 e. The lowest BCUT2D eigenvalue weighted by atomic mass is 10.3. The average Bonchev–Trinajstić information content (AvgIpc) is 2.27. The first-order valence-corrected chi connectivity index (χ1v) is 6.77. The molecule has 0 aromatic carbocycles. The third-order valence-corrected chi connectivity index (χ3v) is 3.97. The molecule has 18 heavy (non-hydrogen) atoms. The Morgan fingerprint density at radius 1 is 1.33 bits per heavy atom. The van der Waals surface area contributed by atoms with E-state index < -0.39 is 33.2 Å². The van der Waals surface area contributed by atoms with Crippen molar-refractivity contribution in [2.75, 3.05) is 20.3 Å². The van der Waals surface area contributed by atoms with Gasteiger partial charge in [0.2, 0.25) is 15.9 Å². The first-order chi connectivity index (χ1) is 8.22. The predicted octanol–water partition coefficient (Wildman–Crippen LogP) is -1.47. The Kier molecular flexibility index (Phi) is 6.81. The zero-order valence-corrected chi connectivity index (χ0v) is 11.3. The minimum absolute atomic E-state index is 0.246. The van der Waals surface area contributed by atoms with Crippen LogP contribution in [0.3, 0.4) is 0 Å². The van der Waals surface area contributed by atoms with Gasteiger partial charge < -0.3 is 15.2 Å². The van der Waals surface area contributed by atoms with Crippen LogP contribution in [-0.4, -0.2) is 57.0 Å². The lowest BCUT2D eigenvalue weighted by molar-refractivity contribution is -0.136. The molecule has 0 saturated carbocycles. The maximum absolute atomic E-state index is 11.5. The molecule has 0 heterocycles. The largest absolute Gasteiger partial charge is 0.480 e. The second-order valence-electron chi connectivity index (χ2n) is 3.65. The fraction of sp³-hybridized carbons (Fsp3) is 0.778. The van der Waals surface area contributed by atoms with Crippen molar-refractivity contribution in [1.82, 2.24) is 10.0 Å². The molecule has 0 saturated heterocycles. The Morgan fingerprint density at radius 3 is 2.33 bits per heavy atom. The van der Waals surface area contributed by atoms with Gasteiger partial charge in [-0.3, -0.25) is 9.59 Å². The number of sulfonamides is 1. The SMILES string of the molecule is COCCNC(=O)C(C)NS(=O)(=O)C(C)C(=O)O. The molecule has 0 rings (SSSR count). The third-order valence-electron chi connectivity index (χ3n) is 2.15. The normalized spacial score (nSPS) is 14.8. The Balaban J connectivity index is 4.42. The van der Waals surface area contributed by atoms with Crippen molar-refractivity contribution in [1.29, 1.82) is 0 Å². The molecule has 0 spiro atoms. The number of hydrogen-bond acceptors (Lipinski definition) is 5. The number of carboxylic acid groups (broad SMARTS) is 1. The van der Waals surface area contributed by atoms with E-state index in [9.17, 15) is 18.0 Å². The molecular weight excluding hydrogens is 264 g/mol. The molecule has 0 bridgehead atoms. The van der Waals surface area contributed by atoms with Crippen molar-refractivity contribution in [3.05, 3.63) is 0 Å². The molecule has 0 aromatic rings. The molecule has 2 atom stereocenters. The van der Waals surface area contributed by atoms with Crippen LogP contribution in [-0.2, 0) is 24.3 Å². The van der Waals surface area contributed by atoms with Crippen LogP contribution in [0, 0.1) is 0 Å². The van der Waals surface area contributed by atoms with Crippen LogP contribution in [0.25, 0.3) is 0 Å². The van der Waals surface area contributed by atoms with Crippen LogP contribution >= 0.6 is 0 Å². The molecule has 1 amide bonds. The van der Waals surface area contributed by atoms with Gasteiger partial charge in [-0.1, -0.05) is 0 Å². The van der Waals surface area contributed by atoms with E-state index >= 15 is 0 Å². The fourth-order valence-corrected chi connectivity index (χ4v) is 2.03. The first kappa shape index (κ1) is 16.8. The zero-order valence-electron chi connectivity index (χ0n) is 10.5. The van der Waals surface area contributed by atoms with Gasteiger partial charge in [0.25, 0.3) is 0 Å². The second kappa shape index (κ2) is 7.29. The number of aliphatic carboxylic acids is 1. The number of hydrogen-bond donors (Lipinski definition) is 3. The molecule has 0 aliphatic rings. The Bertz CT molecular complexity index is 394. The van der Waals surface area contributed by atoms with E-state index in [0.717, 1.165) is 6.92 Å². The Hall–Kier alpha value is -1.19. The first-order valence-electron chi connectivity index (χ1n) is 5.23. The molecule has 106 valence electrons. The highest BCUT2D eigenvalue weighted by Crippen LogP contribution is 2.00. The van der Waals surface area contributed by atoms with E-state index in [2.05, 4.69) is 5.32 Å². The Labute approximate surface area is 106 Å². The van der Waals surface area contributed by atoms with Gasteiger partial charge in [0, 0.05) is 13.7 Å². The highest BCUT2D eigenvalue weighted by Gasteiger charge is 2.30. The van der Waals surface area contributed by atoms with Gasteiger partial charge in [-0.2, -0.15) is 0 Å². The van der Waals surface area contributed by atoms with Gasteiger partial charge in [-0.25, -0.2) is 13.1 Å². The van der Waals surface area contributed by atoms with E-state index in [1.807, 2.05) is 4.72 Å². The van der Waals surface area contributed by atoms with Crippen LogP contribution in [0.15, 0.2) is 0 Å². The summed E-state index contributed by atoms with van der Waals surface area (Å²) in [5.74, 6) is -2.03. The van der Waals surface area contributed by atoms with Crippen LogP contribution in [0.5, 0.6) is 0 Å². The average molecular weight is 282 g/mol. The predicted molar refractivity (Wildman–Crippen MR) is 63.5 cm³/mol. The lowest BCUT2D eigenvalue weighted by Gasteiger charge is -2.16. The summed E-state index contributed by atoms with van der Waals surface area (Å²) in [7, 11) is -2.61. The number of carboxylic acids is 1. The van der Waals surface area contributed by atoms with Crippen molar-refractivity contribution < 1.29 is 27.9 Å². The topological polar surface area (TPSA) is 122 Å². The van der Waals surface area contributed by atoms with E-state index in [0.29, 0.717) is 6.61 Å². The molecule has 0 aliphatic heterocycles. The lowest BCUT2D eigenvalue weighted by Crippen LogP contribution is -2.49. The van der Waals surface area contributed by atoms with Crippen LogP contribution in [0.1, 0.15) is 13.8 Å². The molecular formula is C9H18N2O6S. The summed E-state index contributed by atoms with van der Waals surface area (Å²) in [5, 5.41) is 9.42. The minimum atomic E-state index is -4.08. The van der Waals surface area contributed by atoms with Crippen LogP contribution in [0.2, 0.25) is 0 Å². The number of nitrogens with one attached hydrogen (secondary N) is 2. The third kappa shape index (κ3) is 5.43. The summed E-state index contributed by atoms with van der Waals surface area (Å²) in [6, 6.07) is -1.05. The smallest absolute Gasteiger partial charge is 0.323 e. The number of carbonyl (C=O) groups is 2. The van der Waals surface area contributed by atoms with Gasteiger partial charge in [0.1, 0.15) is 0 Å². The quantitative estimate of drug-likeness (QED) is 0.467. The van der Waals surface area contributed by atoms with Crippen molar-refractivity contribution >= 4 is 21.9 Å². The van der Waals surface area contributed by atoms with Crippen LogP contribution < -0.4 is 10.0 Å². The highest BCUT2D eigenvalue weighted by molar-refractivity contribution is 7.90. The summed E-state index contributed by atoms with van der Waals surface area (Å²) in [4.78, 5) is 22.0. The summed E-state index contributed by atoms with van der Waals surface area (Å²) < 4.78 is 29.8. The van der Waals surface area contributed by atoms with Crippen LogP contribution in [0.4, 0.5) is 0 Å². The van der Waals surface area contributed by atoms with E-state index in [4.69, 9.17) is 9.84 Å². The fourth-order valence-electron chi connectivity index (χ4n) is 0.964. The van der Waals surface area contributed by atoms with E-state index in [1.54, 1.807) is 0 Å². The van der Waals surface area contributed by atoms with Crippen molar-refractivity contribution in [3.63, 3.8) is 0 Å². The number of ether oxygens (including phenoxy) is 1. The second-order valence-corrected chi connectivity index (χ2v) is 5.68. The molecule has 8 nitrogen and oxygen atoms in total. The Morgan fingerprint density at radius 2 is 1.89 bits per heavy atom. The van der Waals surface area contributed by atoms with Crippen molar-refractivity contribution in [2.45, 2.75) is 25.1 Å². The molecule has 0 aromatic heterocycles. The van der Waals surface area contributed by atoms with E-state index in [-0.39, 0.29) is 6.54 Å². The highest BCUT2D eigenvalue weighted by atomic mass is 32.2. The summed E-state index contributed by atoms with van der Waals surface area (Å²) >= 11 is 0. The van der Waals surface area contributed by atoms with Crippen molar-refractivity contribution in [2.24, 2.45) is 0 Å². The molecule has 9 heteroatoms. The number of rotatable bonds is 8. The molecule has 3 N–H and O–H groups in total. The number of amides is 1. The van der Waals surface area contributed by atoms with Crippen molar-refractivity contribution in [3.8, 4) is 0 Å². The van der Waals surface area contributed by atoms with Gasteiger partial charge in [-0.15, -0.1) is 0 Å². The molecule has 0 aliphatic carbocycles. The monoisotopic (exact) mass is 282 g/mol. The van der Waals surface area contributed by atoms with Gasteiger partial charge in [-0.05, 0) is 13.8 Å². The van der Waals surface area contributed by atoms with Gasteiger partial charge in [0.15, 0.2) is 5.25 Å². The molecule has 2 unspecified atom stereocenters. The summed E-state index contributed by atoms with van der Waals surface area (Å²) in [5.41, 5.74) is 0. The van der Waals surface area contributed by atoms with Gasteiger partial charge >= 0.3 is 5.97 Å². The number of carbonyl (C=O) groups excluding carboxylic acids is 1. The number of methoxy groups -OCH3 is 1. The standard InChI is InChI=1S/C9H18N2O6S/c1-6(8(12)10-4-5-17-3)11-18(15,16)7(2)9(13)14/h6-7,11H,4-5H2,1-3H3,(H,10,12)(H,13,14). The maximum atomic E-state index is 11.5. The summed E-state index contributed by atoms with van der Waals surface area (Å²) in [6.45, 7) is 2.90. The summed E-state index contributed by atoms with van der Waals surface area (Å²) in [6.07, 6.45) is 0. The van der Waals surface area contributed by atoms with E-state index in [1.165, 1.54) is 14.0 Å². The van der Waals surface area contributed by atoms with Gasteiger partial charge in [0.05, 0.1) is 12.6 Å². The molecule has 0 radical (unpaired) electrons.